The van der Waals surface area contributed by atoms with Crippen LogP contribution in [-0.4, -0.2) is 50.1 Å². The molecule has 14 heteroatoms. The molecule has 0 fully saturated rings. The molecule has 0 unspecified atom stereocenters. The van der Waals surface area contributed by atoms with E-state index < -0.39 is 36.4 Å². The van der Waals surface area contributed by atoms with Gasteiger partial charge in [0, 0.05) is 24.8 Å². The van der Waals surface area contributed by atoms with E-state index in [9.17, 15) is 29.7 Å². The summed E-state index contributed by atoms with van der Waals surface area (Å²) < 4.78 is 0. The minimum absolute atomic E-state index is 0. The summed E-state index contributed by atoms with van der Waals surface area (Å²) in [5.41, 5.74) is -2.97. The van der Waals surface area contributed by atoms with Gasteiger partial charge in [0.05, 0.1) is 5.97 Å². The van der Waals surface area contributed by atoms with Crippen LogP contribution in [0.4, 0.5) is 0 Å². The molecule has 0 radical (unpaired) electrons. The van der Waals surface area contributed by atoms with Crippen LogP contribution in [0.5, 0.6) is 0 Å². The van der Waals surface area contributed by atoms with E-state index in [-0.39, 0.29) is 99.6 Å². The minimum atomic E-state index is -2.97. The standard InChI is InChI=1S/C6H8O7.3Na.H2O2.2H2O/c7-3(8)1-6(13,5(11)12)2-4(9)10;;;;1-2;;/h13H,1-2H2,(H,7,8)(H,9,10)(H,11,12);;;;1-2H;2*1H2/q;3*+1;;;/p-3. The van der Waals surface area contributed by atoms with Crippen molar-refractivity contribution in [1.29, 1.82) is 0 Å². The van der Waals surface area contributed by atoms with Crippen LogP contribution in [0.2, 0.25) is 0 Å². The van der Waals surface area contributed by atoms with Crippen molar-refractivity contribution in [2.45, 2.75) is 18.4 Å². The van der Waals surface area contributed by atoms with Crippen molar-refractivity contribution in [1.82, 2.24) is 0 Å². The monoisotopic (exact) mass is 328 g/mol. The van der Waals surface area contributed by atoms with Crippen molar-refractivity contribution in [3.8, 4) is 0 Å². The number of carboxylic acid groups (broad SMARTS) is 3. The first-order valence-electron chi connectivity index (χ1n) is 3.31. The molecule has 0 aromatic carbocycles. The Labute approximate surface area is 179 Å². The second-order valence-corrected chi connectivity index (χ2v) is 2.42. The molecule has 0 rings (SSSR count). The maximum atomic E-state index is 10.1. The Morgan fingerprint density at radius 3 is 1.10 bits per heavy atom. The Kier molecular flexibility index (Phi) is 48.2. The van der Waals surface area contributed by atoms with Gasteiger partial charge >= 0.3 is 88.7 Å². The molecule has 0 aliphatic heterocycles. The fraction of sp³-hybridized carbons (Fsp3) is 0.500. The van der Waals surface area contributed by atoms with E-state index in [4.69, 9.17) is 15.6 Å². The van der Waals surface area contributed by atoms with E-state index in [0.29, 0.717) is 0 Å². The van der Waals surface area contributed by atoms with Crippen molar-refractivity contribution in [2.24, 2.45) is 0 Å². The fourth-order valence-corrected chi connectivity index (χ4v) is 0.684. The molecule has 0 spiro atoms. The van der Waals surface area contributed by atoms with Gasteiger partial charge in [0.1, 0.15) is 5.60 Å². The third-order valence-electron chi connectivity index (χ3n) is 1.25. The van der Waals surface area contributed by atoms with Gasteiger partial charge in [-0.25, -0.2) is 0 Å². The van der Waals surface area contributed by atoms with Gasteiger partial charge in [-0.15, -0.1) is 0 Å². The van der Waals surface area contributed by atoms with E-state index in [1.165, 1.54) is 0 Å². The Morgan fingerprint density at radius 1 is 0.800 bits per heavy atom. The van der Waals surface area contributed by atoms with Crippen LogP contribution in [0.1, 0.15) is 12.8 Å². The average Bonchev–Trinajstić information content (AvgIpc) is 2.04. The fourth-order valence-electron chi connectivity index (χ4n) is 0.684. The van der Waals surface area contributed by atoms with Gasteiger partial charge in [-0.3, -0.25) is 10.5 Å². The predicted molar refractivity (Wildman–Crippen MR) is 41.7 cm³/mol. The Morgan fingerprint density at radius 2 is 1.00 bits per heavy atom. The predicted octanol–water partition coefficient (Wildman–Crippen LogP) is -15.9. The van der Waals surface area contributed by atoms with Gasteiger partial charge in [0.15, 0.2) is 0 Å². The Balaban J connectivity index is -0.0000000460. The molecule has 11 nitrogen and oxygen atoms in total. The molecule has 0 bridgehead atoms. The summed E-state index contributed by atoms with van der Waals surface area (Å²) in [6.45, 7) is 0. The van der Waals surface area contributed by atoms with Crippen molar-refractivity contribution in [3.63, 3.8) is 0 Å². The zero-order valence-electron chi connectivity index (χ0n) is 11.2. The number of rotatable bonds is 5. The van der Waals surface area contributed by atoms with Crippen LogP contribution in [-0.2, 0) is 14.4 Å². The number of carbonyl (C=O) groups excluding carboxylic acids is 3. The van der Waals surface area contributed by atoms with Crippen molar-refractivity contribution in [3.05, 3.63) is 0 Å². The van der Waals surface area contributed by atoms with Crippen molar-refractivity contribution >= 4 is 17.9 Å². The molecular formula is C6H11Na3O11. The topological polar surface area (TPSA) is 244 Å². The van der Waals surface area contributed by atoms with Gasteiger partial charge in [-0.1, -0.05) is 0 Å². The SMILES string of the molecule is O.O.O=C([O-])CC(O)(CC(=O)[O-])C(=O)[O-].OO.[Na+].[Na+].[Na+]. The molecule has 0 aromatic heterocycles. The van der Waals surface area contributed by atoms with E-state index >= 15 is 0 Å². The van der Waals surface area contributed by atoms with E-state index in [1.807, 2.05) is 0 Å². The molecule has 0 aliphatic rings. The van der Waals surface area contributed by atoms with Gasteiger partial charge in [0.25, 0.3) is 0 Å². The summed E-state index contributed by atoms with van der Waals surface area (Å²) in [6, 6.07) is 0. The number of hydrogen-bond donors (Lipinski definition) is 3. The third-order valence-corrected chi connectivity index (χ3v) is 1.25. The number of carbonyl (C=O) groups is 3. The molecule has 0 aromatic rings. The number of carboxylic acids is 3. The molecule has 0 aliphatic carbocycles. The number of hydrogen-bond acceptors (Lipinski definition) is 9. The maximum Gasteiger partial charge on any atom is 1.00 e. The van der Waals surface area contributed by atoms with Gasteiger partial charge in [-0.05, 0) is 0 Å². The quantitative estimate of drug-likeness (QED) is 0.246. The molecule has 0 heterocycles. The molecule has 0 amide bonds. The number of aliphatic carboxylic acids is 3. The smallest absolute Gasteiger partial charge is 0.550 e. The molecule has 104 valence electrons. The summed E-state index contributed by atoms with van der Waals surface area (Å²) in [4.78, 5) is 30.0. The molecule has 20 heavy (non-hydrogen) atoms. The first-order chi connectivity index (χ1) is 6.78. The molecule has 0 saturated heterocycles. The van der Waals surface area contributed by atoms with E-state index in [1.54, 1.807) is 0 Å². The molecule has 0 atom stereocenters. The summed E-state index contributed by atoms with van der Waals surface area (Å²) in [5.74, 6) is -5.98. The third kappa shape index (κ3) is 21.5. The van der Waals surface area contributed by atoms with E-state index in [2.05, 4.69) is 0 Å². The zero-order valence-corrected chi connectivity index (χ0v) is 17.2. The number of aliphatic hydroxyl groups is 1. The van der Waals surface area contributed by atoms with Crippen LogP contribution < -0.4 is 104 Å². The summed E-state index contributed by atoms with van der Waals surface area (Å²) in [5, 5.41) is 50.9. The van der Waals surface area contributed by atoms with Crippen LogP contribution in [0.3, 0.4) is 0 Å². The summed E-state index contributed by atoms with van der Waals surface area (Å²) >= 11 is 0. The van der Waals surface area contributed by atoms with Crippen LogP contribution in [0.25, 0.3) is 0 Å². The largest absolute Gasteiger partial charge is 1.00 e. The van der Waals surface area contributed by atoms with Crippen molar-refractivity contribution in [2.75, 3.05) is 0 Å². The van der Waals surface area contributed by atoms with Crippen LogP contribution in [0.15, 0.2) is 0 Å². The summed E-state index contributed by atoms with van der Waals surface area (Å²) in [7, 11) is 0. The van der Waals surface area contributed by atoms with Crippen molar-refractivity contribution < 1.29 is 145 Å². The first kappa shape index (κ1) is 42.9. The Hall–Kier alpha value is 1.21. The minimum Gasteiger partial charge on any atom is -0.550 e. The zero-order chi connectivity index (χ0) is 12.6. The second kappa shape index (κ2) is 22.5. The molecule has 0 saturated carbocycles. The van der Waals surface area contributed by atoms with Gasteiger partial charge in [0.2, 0.25) is 0 Å². The van der Waals surface area contributed by atoms with E-state index in [0.717, 1.165) is 0 Å². The molecular weight excluding hydrogens is 317 g/mol. The second-order valence-electron chi connectivity index (χ2n) is 2.42. The summed E-state index contributed by atoms with van der Waals surface area (Å²) in [6.07, 6.45) is -2.72. The van der Waals surface area contributed by atoms with Crippen LogP contribution >= 0.6 is 0 Å². The van der Waals surface area contributed by atoms with Crippen LogP contribution in [0, 0.1) is 0 Å². The van der Waals surface area contributed by atoms with Gasteiger partial charge < -0.3 is 45.8 Å². The maximum absolute atomic E-state index is 10.1. The first-order valence-corrected chi connectivity index (χ1v) is 3.31. The molecule has 7 N–H and O–H groups in total. The van der Waals surface area contributed by atoms with Gasteiger partial charge in [-0.2, -0.15) is 0 Å². The average molecular weight is 328 g/mol. The normalized spacial score (nSPS) is 7.35. The Bertz CT molecular complexity index is 243.